The molecule has 84 valence electrons. The van der Waals surface area contributed by atoms with Crippen molar-refractivity contribution >= 4 is 17.4 Å². The molecule has 0 aromatic heterocycles. The fourth-order valence-electron chi connectivity index (χ4n) is 1.09. The van der Waals surface area contributed by atoms with Crippen LogP contribution in [-0.4, -0.2) is 28.9 Å². The lowest BCUT2D eigenvalue weighted by molar-refractivity contribution is -0.385. The number of rotatable bonds is 4. The molecular weight excluding hydrogens is 218 g/mol. The van der Waals surface area contributed by atoms with Crippen molar-refractivity contribution in [1.82, 2.24) is 0 Å². The Morgan fingerprint density at radius 3 is 2.50 bits per heavy atom. The summed E-state index contributed by atoms with van der Waals surface area (Å²) in [7, 11) is 1.19. The van der Waals surface area contributed by atoms with E-state index in [4.69, 9.17) is 9.84 Å². The van der Waals surface area contributed by atoms with Gasteiger partial charge in [0.25, 0.3) is 5.78 Å². The van der Waals surface area contributed by atoms with E-state index in [0.717, 1.165) is 18.2 Å². The topological polar surface area (TPSA) is 107 Å². The molecule has 0 amide bonds. The second-order valence-electron chi connectivity index (χ2n) is 2.78. The van der Waals surface area contributed by atoms with Gasteiger partial charge in [-0.2, -0.15) is 0 Å². The fourth-order valence-corrected chi connectivity index (χ4v) is 1.09. The molecule has 0 heterocycles. The van der Waals surface area contributed by atoms with Crippen molar-refractivity contribution in [3.8, 4) is 5.75 Å². The summed E-state index contributed by atoms with van der Waals surface area (Å²) in [6, 6.07) is 3.11. The van der Waals surface area contributed by atoms with Gasteiger partial charge in [-0.3, -0.25) is 14.9 Å². The maximum absolute atomic E-state index is 11.1. The van der Waals surface area contributed by atoms with Crippen LogP contribution in [0, 0.1) is 10.1 Å². The number of ketones is 1. The Kier molecular flexibility index (Phi) is 3.19. The highest BCUT2D eigenvalue weighted by molar-refractivity contribution is 6.39. The zero-order chi connectivity index (χ0) is 12.3. The minimum atomic E-state index is -1.63. The highest BCUT2D eigenvalue weighted by Gasteiger charge is 2.20. The Morgan fingerprint density at radius 1 is 1.44 bits per heavy atom. The van der Waals surface area contributed by atoms with Crippen LogP contribution in [0.25, 0.3) is 0 Å². The molecule has 1 rings (SSSR count). The van der Waals surface area contributed by atoms with Crippen LogP contribution in [0.1, 0.15) is 10.4 Å². The Bertz CT molecular complexity index is 467. The van der Waals surface area contributed by atoms with Gasteiger partial charge in [0.15, 0.2) is 5.75 Å². The van der Waals surface area contributed by atoms with Crippen LogP contribution < -0.4 is 4.74 Å². The molecule has 1 aromatic carbocycles. The fraction of sp³-hybridized carbons (Fsp3) is 0.111. The number of nitro groups is 1. The first kappa shape index (κ1) is 11.6. The average Bonchev–Trinajstić information content (AvgIpc) is 2.26. The molecule has 0 aliphatic carbocycles. The molecule has 0 saturated heterocycles. The van der Waals surface area contributed by atoms with E-state index in [1.165, 1.54) is 7.11 Å². The van der Waals surface area contributed by atoms with Gasteiger partial charge in [-0.1, -0.05) is 0 Å². The summed E-state index contributed by atoms with van der Waals surface area (Å²) in [5.41, 5.74) is -0.501. The van der Waals surface area contributed by atoms with E-state index in [9.17, 15) is 19.7 Å². The first-order valence-corrected chi connectivity index (χ1v) is 4.07. The molecular formula is C9H7NO6. The average molecular weight is 225 g/mol. The maximum atomic E-state index is 11.1. The number of ether oxygens (including phenoxy) is 1. The molecule has 0 saturated carbocycles. The normalized spacial score (nSPS) is 9.56. The summed E-state index contributed by atoms with van der Waals surface area (Å²) in [5, 5.41) is 19.0. The third kappa shape index (κ3) is 2.14. The third-order valence-electron chi connectivity index (χ3n) is 1.83. The van der Waals surface area contributed by atoms with E-state index in [0.29, 0.717) is 0 Å². The number of nitro benzene ring substituents is 1. The molecule has 0 aliphatic rings. The Morgan fingerprint density at radius 2 is 2.06 bits per heavy atom. The largest absolute Gasteiger partial charge is 0.490 e. The molecule has 1 N–H and O–H groups in total. The number of nitrogens with zero attached hydrogens (tertiary/aromatic N) is 1. The maximum Gasteiger partial charge on any atom is 0.377 e. The lowest BCUT2D eigenvalue weighted by atomic mass is 10.1. The smallest absolute Gasteiger partial charge is 0.377 e. The van der Waals surface area contributed by atoms with Gasteiger partial charge < -0.3 is 9.84 Å². The van der Waals surface area contributed by atoms with Gasteiger partial charge in [0.05, 0.1) is 12.0 Å². The number of aliphatic carboxylic acids is 1. The Labute approximate surface area is 89.4 Å². The van der Waals surface area contributed by atoms with Crippen molar-refractivity contribution in [2.45, 2.75) is 0 Å². The molecule has 0 unspecified atom stereocenters. The molecule has 0 spiro atoms. The summed E-state index contributed by atoms with van der Waals surface area (Å²) >= 11 is 0. The zero-order valence-corrected chi connectivity index (χ0v) is 8.17. The lowest BCUT2D eigenvalue weighted by Gasteiger charge is -2.02. The molecule has 7 heteroatoms. The highest BCUT2D eigenvalue weighted by atomic mass is 16.6. The van der Waals surface area contributed by atoms with Crippen LogP contribution in [-0.2, 0) is 4.79 Å². The number of carbonyl (C=O) groups excluding carboxylic acids is 1. The number of carboxylic acid groups (broad SMARTS) is 1. The Hall–Kier alpha value is -2.44. The number of carbonyl (C=O) groups is 2. The minimum absolute atomic E-state index is 0.155. The van der Waals surface area contributed by atoms with Crippen LogP contribution in [0.2, 0.25) is 0 Å². The second-order valence-corrected chi connectivity index (χ2v) is 2.78. The van der Waals surface area contributed by atoms with E-state index >= 15 is 0 Å². The van der Waals surface area contributed by atoms with E-state index < -0.39 is 16.7 Å². The van der Waals surface area contributed by atoms with Gasteiger partial charge in [-0.15, -0.1) is 0 Å². The number of hydrogen-bond donors (Lipinski definition) is 1. The standard InChI is InChI=1S/C9H7NO6/c1-16-7-4-5(8(11)9(12)13)2-3-6(7)10(14)15/h2-4H,1H3,(H,12,13). The summed E-state index contributed by atoms with van der Waals surface area (Å²) in [5.74, 6) is -2.93. The monoisotopic (exact) mass is 225 g/mol. The summed E-state index contributed by atoms with van der Waals surface area (Å²) in [4.78, 5) is 31.3. The van der Waals surface area contributed by atoms with Gasteiger partial charge in [-0.05, 0) is 12.1 Å². The number of Topliss-reactive ketones (excluding diaryl/α,β-unsaturated/α-hetero) is 1. The molecule has 0 radical (unpaired) electrons. The molecule has 0 aliphatic heterocycles. The number of carboxylic acids is 1. The van der Waals surface area contributed by atoms with Crippen LogP contribution >= 0.6 is 0 Å². The second kappa shape index (κ2) is 4.39. The van der Waals surface area contributed by atoms with Crippen LogP contribution in [0.3, 0.4) is 0 Å². The van der Waals surface area contributed by atoms with E-state index in [1.54, 1.807) is 0 Å². The van der Waals surface area contributed by atoms with Gasteiger partial charge in [0, 0.05) is 11.6 Å². The summed E-state index contributed by atoms with van der Waals surface area (Å²) in [6.45, 7) is 0. The lowest BCUT2D eigenvalue weighted by Crippen LogP contribution is -2.12. The van der Waals surface area contributed by atoms with E-state index in [1.807, 2.05) is 0 Å². The number of benzene rings is 1. The quantitative estimate of drug-likeness (QED) is 0.352. The van der Waals surface area contributed by atoms with Crippen molar-refractivity contribution < 1.29 is 24.4 Å². The van der Waals surface area contributed by atoms with Gasteiger partial charge in [0.1, 0.15) is 0 Å². The minimum Gasteiger partial charge on any atom is -0.490 e. The van der Waals surface area contributed by atoms with Crippen molar-refractivity contribution in [2.75, 3.05) is 7.11 Å². The zero-order valence-electron chi connectivity index (χ0n) is 8.17. The van der Waals surface area contributed by atoms with Crippen LogP contribution in [0.5, 0.6) is 5.75 Å². The van der Waals surface area contributed by atoms with Crippen molar-refractivity contribution in [2.24, 2.45) is 0 Å². The molecule has 0 atom stereocenters. The first-order valence-electron chi connectivity index (χ1n) is 4.07. The Balaban J connectivity index is 3.24. The highest BCUT2D eigenvalue weighted by Crippen LogP contribution is 2.27. The van der Waals surface area contributed by atoms with Crippen molar-refractivity contribution in [3.63, 3.8) is 0 Å². The SMILES string of the molecule is COc1cc(C(=O)C(=O)O)ccc1[N+](=O)[O-]. The molecule has 16 heavy (non-hydrogen) atoms. The third-order valence-corrected chi connectivity index (χ3v) is 1.83. The van der Waals surface area contributed by atoms with Crippen LogP contribution in [0.15, 0.2) is 18.2 Å². The van der Waals surface area contributed by atoms with E-state index in [-0.39, 0.29) is 17.0 Å². The predicted molar refractivity (Wildman–Crippen MR) is 51.6 cm³/mol. The number of hydrogen-bond acceptors (Lipinski definition) is 5. The number of methoxy groups -OCH3 is 1. The molecule has 0 fully saturated rings. The first-order chi connectivity index (χ1) is 7.47. The molecule has 7 nitrogen and oxygen atoms in total. The van der Waals surface area contributed by atoms with Gasteiger partial charge in [0.2, 0.25) is 0 Å². The molecule has 0 bridgehead atoms. The van der Waals surface area contributed by atoms with E-state index in [2.05, 4.69) is 0 Å². The van der Waals surface area contributed by atoms with Crippen molar-refractivity contribution in [3.05, 3.63) is 33.9 Å². The van der Waals surface area contributed by atoms with Crippen molar-refractivity contribution in [1.29, 1.82) is 0 Å². The van der Waals surface area contributed by atoms with Crippen LogP contribution in [0.4, 0.5) is 5.69 Å². The van der Waals surface area contributed by atoms with Gasteiger partial charge in [-0.25, -0.2) is 4.79 Å². The predicted octanol–water partition coefficient (Wildman–Crippen LogP) is 0.871. The molecule has 1 aromatic rings. The summed E-state index contributed by atoms with van der Waals surface area (Å²) < 4.78 is 4.69. The van der Waals surface area contributed by atoms with Gasteiger partial charge >= 0.3 is 11.7 Å². The summed E-state index contributed by atoms with van der Waals surface area (Å²) in [6.07, 6.45) is 0.